The molecule has 0 aromatic heterocycles. The van der Waals surface area contributed by atoms with E-state index < -0.39 is 5.60 Å². The Labute approximate surface area is 193 Å². The molecule has 2 nitrogen and oxygen atoms in total. The van der Waals surface area contributed by atoms with Gasteiger partial charge in [0.15, 0.2) is 5.78 Å². The smallest absolute Gasteiger partial charge is 0.163 e. The number of carbonyl (C=O) groups is 1. The van der Waals surface area contributed by atoms with E-state index in [0.29, 0.717) is 6.42 Å². The zero-order valence-corrected chi connectivity index (χ0v) is 20.4. The van der Waals surface area contributed by atoms with Crippen molar-refractivity contribution in [2.24, 2.45) is 0 Å². The summed E-state index contributed by atoms with van der Waals surface area (Å²) < 4.78 is 2.11. The van der Waals surface area contributed by atoms with Crippen LogP contribution >= 0.6 is 31.9 Å². The maximum Gasteiger partial charge on any atom is 0.163 e. The van der Waals surface area contributed by atoms with Gasteiger partial charge in [0.05, 0.1) is 5.60 Å². The number of hydrogen-bond acceptors (Lipinski definition) is 2. The highest BCUT2D eigenvalue weighted by Gasteiger charge is 2.31. The number of aliphatic hydroxyl groups is 1. The molecule has 0 aliphatic heterocycles. The van der Waals surface area contributed by atoms with Crippen molar-refractivity contribution in [1.82, 2.24) is 0 Å². The minimum Gasteiger partial charge on any atom is -0.390 e. The molecule has 2 aromatic carbocycles. The van der Waals surface area contributed by atoms with Crippen molar-refractivity contribution in [2.75, 3.05) is 0 Å². The standard InChI is InChI=1S/C12H13BrO.C12H17BrO.CH4/c1-12(2)6-5-11(14)9-7-8(13)3-4-10(9)12;1-12(2,14)8-4-6-10-5-3-7-11(13)9-10;/h3-4,7H,5-6H2,1-2H3;3,5,7,9,14H,4,6,8H2,1-2H3;1H4. The maximum absolute atomic E-state index is 11.7. The summed E-state index contributed by atoms with van der Waals surface area (Å²) in [7, 11) is 0. The Hall–Kier alpha value is -0.970. The second kappa shape index (κ2) is 10.9. The van der Waals surface area contributed by atoms with Gasteiger partial charge in [-0.1, -0.05) is 71.3 Å². The zero-order chi connectivity index (χ0) is 20.9. The average Bonchev–Trinajstić information content (AvgIpc) is 2.58. The Bertz CT molecular complexity index is 820. The van der Waals surface area contributed by atoms with Gasteiger partial charge in [0, 0.05) is 20.9 Å². The number of halogens is 2. The normalized spacial score (nSPS) is 14.9. The molecule has 1 aliphatic carbocycles. The molecule has 0 spiro atoms. The molecule has 0 radical (unpaired) electrons. The Morgan fingerprint density at radius 3 is 2.34 bits per heavy atom. The van der Waals surface area contributed by atoms with Crippen LogP contribution in [0.1, 0.15) is 82.3 Å². The van der Waals surface area contributed by atoms with Crippen LogP contribution in [-0.4, -0.2) is 16.5 Å². The van der Waals surface area contributed by atoms with E-state index in [2.05, 4.69) is 63.9 Å². The Kier molecular flexibility index (Phi) is 9.78. The fraction of sp³-hybridized carbons (Fsp3) is 0.480. The van der Waals surface area contributed by atoms with Gasteiger partial charge in [0.2, 0.25) is 0 Å². The van der Waals surface area contributed by atoms with Crippen molar-refractivity contribution in [1.29, 1.82) is 0 Å². The van der Waals surface area contributed by atoms with Crippen LogP contribution in [0.4, 0.5) is 0 Å². The summed E-state index contributed by atoms with van der Waals surface area (Å²) in [5, 5.41) is 9.54. The first-order chi connectivity index (χ1) is 13.0. The van der Waals surface area contributed by atoms with E-state index in [9.17, 15) is 9.90 Å². The van der Waals surface area contributed by atoms with Crippen molar-refractivity contribution >= 4 is 37.6 Å². The molecule has 0 bridgehead atoms. The fourth-order valence-corrected chi connectivity index (χ4v) is 4.26. The first-order valence-corrected chi connectivity index (χ1v) is 11.4. The second-order valence-corrected chi connectivity index (χ2v) is 10.6. The summed E-state index contributed by atoms with van der Waals surface area (Å²) in [6.45, 7) is 8.11. The molecule has 1 N–H and O–H groups in total. The molecule has 0 saturated heterocycles. The number of fused-ring (bicyclic) bond motifs is 1. The fourth-order valence-electron chi connectivity index (χ4n) is 3.45. The van der Waals surface area contributed by atoms with Crippen LogP contribution in [0.3, 0.4) is 0 Å². The summed E-state index contributed by atoms with van der Waals surface area (Å²) in [6, 6.07) is 14.3. The molecule has 0 fully saturated rings. The average molecular weight is 526 g/mol. The van der Waals surface area contributed by atoms with Gasteiger partial charge in [0.1, 0.15) is 0 Å². The molecule has 160 valence electrons. The largest absolute Gasteiger partial charge is 0.390 e. The monoisotopic (exact) mass is 524 g/mol. The maximum atomic E-state index is 11.7. The van der Waals surface area contributed by atoms with Gasteiger partial charge in [-0.3, -0.25) is 4.79 Å². The minimum atomic E-state index is -0.536. The van der Waals surface area contributed by atoms with Crippen molar-refractivity contribution < 1.29 is 9.90 Å². The minimum absolute atomic E-state index is 0. The van der Waals surface area contributed by atoms with Crippen LogP contribution in [0.25, 0.3) is 0 Å². The topological polar surface area (TPSA) is 37.3 Å². The van der Waals surface area contributed by atoms with Crippen LogP contribution < -0.4 is 0 Å². The summed E-state index contributed by atoms with van der Waals surface area (Å²) >= 11 is 6.85. The summed E-state index contributed by atoms with van der Waals surface area (Å²) in [6.07, 6.45) is 4.54. The van der Waals surface area contributed by atoms with Crippen molar-refractivity contribution in [3.05, 3.63) is 68.1 Å². The first kappa shape index (κ1) is 26.1. The summed E-state index contributed by atoms with van der Waals surface area (Å²) in [5.74, 6) is 0.278. The van der Waals surface area contributed by atoms with Crippen LogP contribution in [0, 0.1) is 0 Å². The van der Waals surface area contributed by atoms with E-state index >= 15 is 0 Å². The van der Waals surface area contributed by atoms with E-state index in [1.165, 1.54) is 11.1 Å². The summed E-state index contributed by atoms with van der Waals surface area (Å²) in [4.78, 5) is 11.7. The van der Waals surface area contributed by atoms with Crippen LogP contribution in [-0.2, 0) is 11.8 Å². The van der Waals surface area contributed by atoms with Gasteiger partial charge in [-0.2, -0.15) is 0 Å². The lowest BCUT2D eigenvalue weighted by molar-refractivity contribution is 0.0689. The van der Waals surface area contributed by atoms with Gasteiger partial charge in [-0.05, 0) is 80.3 Å². The van der Waals surface area contributed by atoms with Gasteiger partial charge in [-0.15, -0.1) is 0 Å². The van der Waals surface area contributed by atoms with Gasteiger partial charge in [-0.25, -0.2) is 0 Å². The molecular formula is C25H34Br2O2. The highest BCUT2D eigenvalue weighted by atomic mass is 79.9. The molecule has 3 rings (SSSR count). The molecule has 4 heteroatoms. The van der Waals surface area contributed by atoms with E-state index in [4.69, 9.17) is 0 Å². The van der Waals surface area contributed by atoms with Crippen molar-refractivity contribution in [3.8, 4) is 0 Å². The number of hydrogen-bond donors (Lipinski definition) is 1. The number of carbonyl (C=O) groups excluding carboxylic acids is 1. The molecule has 29 heavy (non-hydrogen) atoms. The molecular weight excluding hydrogens is 492 g/mol. The number of rotatable bonds is 4. The SMILES string of the molecule is C.CC(C)(O)CCCc1cccc(Br)c1.CC1(C)CCC(=O)c2cc(Br)ccc21. The number of Topliss-reactive ketones (excluding diaryl/α,β-unsaturated/α-hetero) is 1. The highest BCUT2D eigenvalue weighted by Crippen LogP contribution is 2.37. The lowest BCUT2D eigenvalue weighted by atomic mass is 9.72. The predicted octanol–water partition coefficient (Wildman–Crippen LogP) is 7.88. The van der Waals surface area contributed by atoms with Gasteiger partial charge < -0.3 is 5.11 Å². The van der Waals surface area contributed by atoms with E-state index in [0.717, 1.165) is 40.2 Å². The Morgan fingerprint density at radius 2 is 1.72 bits per heavy atom. The number of ketones is 1. The Morgan fingerprint density at radius 1 is 1.07 bits per heavy atom. The molecule has 0 heterocycles. The summed E-state index contributed by atoms with van der Waals surface area (Å²) in [5.41, 5.74) is 3.02. The lowest BCUT2D eigenvalue weighted by Crippen LogP contribution is -2.27. The van der Waals surface area contributed by atoms with Gasteiger partial charge >= 0.3 is 0 Å². The van der Waals surface area contributed by atoms with Crippen LogP contribution in [0.5, 0.6) is 0 Å². The predicted molar refractivity (Wildman–Crippen MR) is 131 cm³/mol. The third kappa shape index (κ3) is 8.35. The quantitative estimate of drug-likeness (QED) is 0.440. The van der Waals surface area contributed by atoms with Crippen LogP contribution in [0.2, 0.25) is 0 Å². The van der Waals surface area contributed by atoms with Gasteiger partial charge in [0.25, 0.3) is 0 Å². The molecule has 2 aromatic rings. The van der Waals surface area contributed by atoms with E-state index in [1.54, 1.807) is 0 Å². The Balaban J connectivity index is 0.000000280. The lowest BCUT2D eigenvalue weighted by Gasteiger charge is -2.31. The van der Waals surface area contributed by atoms with Crippen LogP contribution in [0.15, 0.2) is 51.4 Å². The zero-order valence-electron chi connectivity index (χ0n) is 17.2. The van der Waals surface area contributed by atoms with Crippen molar-refractivity contribution in [2.45, 2.75) is 78.2 Å². The highest BCUT2D eigenvalue weighted by molar-refractivity contribution is 9.10. The second-order valence-electron chi connectivity index (χ2n) is 8.79. The third-order valence-electron chi connectivity index (χ3n) is 5.13. The molecule has 1 aliphatic rings. The molecule has 0 unspecified atom stereocenters. The first-order valence-electron chi connectivity index (χ1n) is 9.78. The molecule has 0 saturated carbocycles. The van der Waals surface area contributed by atoms with Crippen molar-refractivity contribution in [3.63, 3.8) is 0 Å². The molecule has 0 atom stereocenters. The number of aryl methyl sites for hydroxylation is 1. The third-order valence-corrected chi connectivity index (χ3v) is 6.12. The van der Waals surface area contributed by atoms with E-state index in [1.807, 2.05) is 38.1 Å². The van der Waals surface area contributed by atoms with E-state index in [-0.39, 0.29) is 18.6 Å². The molecule has 0 amide bonds. The number of benzene rings is 2.